The molecule has 0 aromatic carbocycles. The van der Waals surface area contributed by atoms with E-state index in [4.69, 9.17) is 5.73 Å². The standard InChI is InChI=1S/C14H25N3S/c1-10-8-17(9-11(2)16(10)4)14(12(3)15)13-6-5-7-18-13/h5-7,10-12,14H,8-9,15H2,1-4H3. The minimum atomic E-state index is 0.173. The Hall–Kier alpha value is -0.420. The molecule has 4 unspecified atom stereocenters. The van der Waals surface area contributed by atoms with E-state index < -0.39 is 0 Å². The highest BCUT2D eigenvalue weighted by molar-refractivity contribution is 7.10. The second-order valence-electron chi connectivity index (χ2n) is 5.64. The van der Waals surface area contributed by atoms with Gasteiger partial charge in [-0.25, -0.2) is 0 Å². The minimum Gasteiger partial charge on any atom is -0.326 e. The van der Waals surface area contributed by atoms with Crippen LogP contribution in [0.3, 0.4) is 0 Å². The van der Waals surface area contributed by atoms with Gasteiger partial charge in [0.15, 0.2) is 0 Å². The third-order valence-electron chi connectivity index (χ3n) is 4.11. The molecule has 1 aromatic rings. The molecule has 1 aliphatic heterocycles. The normalized spacial score (nSPS) is 30.3. The lowest BCUT2D eigenvalue weighted by molar-refractivity contribution is 0.0284. The molecule has 0 spiro atoms. The molecule has 0 aliphatic carbocycles. The van der Waals surface area contributed by atoms with Crippen molar-refractivity contribution in [2.75, 3.05) is 20.1 Å². The zero-order valence-corrected chi connectivity index (χ0v) is 12.7. The fourth-order valence-corrected chi connectivity index (χ4v) is 3.88. The molecule has 4 atom stereocenters. The number of nitrogens with two attached hydrogens (primary N) is 1. The highest BCUT2D eigenvalue weighted by Gasteiger charge is 2.33. The molecule has 1 aromatic heterocycles. The molecule has 0 amide bonds. The first-order chi connectivity index (χ1) is 8.50. The molecule has 0 saturated carbocycles. The molecular weight excluding hydrogens is 242 g/mol. The van der Waals surface area contributed by atoms with E-state index in [0.29, 0.717) is 18.1 Å². The quantitative estimate of drug-likeness (QED) is 0.911. The van der Waals surface area contributed by atoms with E-state index in [9.17, 15) is 0 Å². The average molecular weight is 267 g/mol. The summed E-state index contributed by atoms with van der Waals surface area (Å²) in [6.45, 7) is 8.93. The molecule has 4 heteroatoms. The molecule has 1 fully saturated rings. The third-order valence-corrected chi connectivity index (χ3v) is 5.06. The van der Waals surface area contributed by atoms with Gasteiger partial charge in [0, 0.05) is 36.1 Å². The fourth-order valence-electron chi connectivity index (χ4n) is 2.90. The Bertz CT molecular complexity index is 351. The Morgan fingerprint density at radius 2 is 1.94 bits per heavy atom. The van der Waals surface area contributed by atoms with Crippen LogP contribution in [0.4, 0.5) is 0 Å². The Morgan fingerprint density at radius 1 is 1.33 bits per heavy atom. The Labute approximate surface area is 115 Å². The molecule has 1 saturated heterocycles. The highest BCUT2D eigenvalue weighted by Crippen LogP contribution is 2.30. The van der Waals surface area contributed by atoms with Gasteiger partial charge in [0.25, 0.3) is 0 Å². The maximum absolute atomic E-state index is 6.24. The van der Waals surface area contributed by atoms with Crippen LogP contribution in [-0.2, 0) is 0 Å². The number of hydrogen-bond acceptors (Lipinski definition) is 4. The van der Waals surface area contributed by atoms with Crippen molar-refractivity contribution < 1.29 is 0 Å². The molecule has 102 valence electrons. The van der Waals surface area contributed by atoms with E-state index in [1.807, 2.05) is 11.3 Å². The van der Waals surface area contributed by atoms with Gasteiger partial charge in [0.1, 0.15) is 0 Å². The largest absolute Gasteiger partial charge is 0.326 e. The monoisotopic (exact) mass is 267 g/mol. The predicted octanol–water partition coefficient (Wildman–Crippen LogP) is 2.16. The molecule has 0 bridgehead atoms. The van der Waals surface area contributed by atoms with Crippen LogP contribution in [0.25, 0.3) is 0 Å². The van der Waals surface area contributed by atoms with Gasteiger partial charge in [-0.3, -0.25) is 9.80 Å². The number of rotatable bonds is 3. The number of hydrogen-bond donors (Lipinski definition) is 1. The molecule has 2 N–H and O–H groups in total. The topological polar surface area (TPSA) is 32.5 Å². The van der Waals surface area contributed by atoms with Gasteiger partial charge in [0.2, 0.25) is 0 Å². The summed E-state index contributed by atoms with van der Waals surface area (Å²) in [5.74, 6) is 0. The number of likely N-dealkylation sites (N-methyl/N-ethyl adjacent to an activating group) is 1. The lowest BCUT2D eigenvalue weighted by atomic mass is 10.0. The van der Waals surface area contributed by atoms with Crippen molar-refractivity contribution in [3.8, 4) is 0 Å². The zero-order chi connectivity index (χ0) is 13.3. The second-order valence-corrected chi connectivity index (χ2v) is 6.62. The minimum absolute atomic E-state index is 0.173. The van der Waals surface area contributed by atoms with Gasteiger partial charge in [-0.05, 0) is 39.3 Å². The fraction of sp³-hybridized carbons (Fsp3) is 0.714. The van der Waals surface area contributed by atoms with Gasteiger partial charge in [-0.2, -0.15) is 0 Å². The van der Waals surface area contributed by atoms with E-state index >= 15 is 0 Å². The number of thiophene rings is 1. The highest BCUT2D eigenvalue weighted by atomic mass is 32.1. The average Bonchev–Trinajstić information content (AvgIpc) is 2.79. The van der Waals surface area contributed by atoms with Gasteiger partial charge in [0.05, 0.1) is 6.04 Å². The first-order valence-electron chi connectivity index (χ1n) is 6.75. The molecule has 2 rings (SSSR count). The van der Waals surface area contributed by atoms with Crippen molar-refractivity contribution in [1.82, 2.24) is 9.80 Å². The first kappa shape index (κ1) is 14.0. The molecular formula is C14H25N3S. The van der Waals surface area contributed by atoms with Crippen LogP contribution in [0.5, 0.6) is 0 Å². The Kier molecular flexibility index (Phi) is 4.43. The first-order valence-corrected chi connectivity index (χ1v) is 7.63. The van der Waals surface area contributed by atoms with E-state index in [1.165, 1.54) is 4.88 Å². The SMILES string of the molecule is CC(N)C(c1cccs1)N1CC(C)N(C)C(C)C1. The van der Waals surface area contributed by atoms with E-state index in [0.717, 1.165) is 13.1 Å². The van der Waals surface area contributed by atoms with Crippen LogP contribution in [0.1, 0.15) is 31.7 Å². The summed E-state index contributed by atoms with van der Waals surface area (Å²) >= 11 is 1.82. The molecule has 1 aliphatic rings. The van der Waals surface area contributed by atoms with Crippen molar-refractivity contribution >= 4 is 11.3 Å². The summed E-state index contributed by atoms with van der Waals surface area (Å²) in [6.07, 6.45) is 0. The maximum Gasteiger partial charge on any atom is 0.0591 e. The summed E-state index contributed by atoms with van der Waals surface area (Å²) in [6, 6.07) is 6.06. The van der Waals surface area contributed by atoms with Crippen LogP contribution in [0, 0.1) is 0 Å². The molecule has 0 radical (unpaired) electrons. The van der Waals surface area contributed by atoms with Gasteiger partial charge in [-0.1, -0.05) is 6.07 Å². The maximum atomic E-state index is 6.24. The summed E-state index contributed by atoms with van der Waals surface area (Å²) in [4.78, 5) is 6.42. The van der Waals surface area contributed by atoms with Crippen LogP contribution in [0.2, 0.25) is 0 Å². The molecule has 2 heterocycles. The van der Waals surface area contributed by atoms with Gasteiger partial charge < -0.3 is 5.73 Å². The van der Waals surface area contributed by atoms with Crippen LogP contribution < -0.4 is 5.73 Å². The summed E-state index contributed by atoms with van der Waals surface area (Å²) < 4.78 is 0. The molecule has 3 nitrogen and oxygen atoms in total. The third kappa shape index (κ3) is 2.77. The lowest BCUT2D eigenvalue weighted by Crippen LogP contribution is -2.57. The Morgan fingerprint density at radius 3 is 2.39 bits per heavy atom. The van der Waals surface area contributed by atoms with E-state index in [2.05, 4.69) is 55.1 Å². The van der Waals surface area contributed by atoms with Crippen molar-refractivity contribution in [3.63, 3.8) is 0 Å². The van der Waals surface area contributed by atoms with Crippen LogP contribution in [-0.4, -0.2) is 48.1 Å². The predicted molar refractivity (Wildman–Crippen MR) is 79.0 cm³/mol. The van der Waals surface area contributed by atoms with Crippen molar-refractivity contribution in [2.45, 2.75) is 44.9 Å². The van der Waals surface area contributed by atoms with Crippen LogP contribution >= 0.6 is 11.3 Å². The second kappa shape index (κ2) is 5.70. The van der Waals surface area contributed by atoms with E-state index in [-0.39, 0.29) is 6.04 Å². The summed E-state index contributed by atoms with van der Waals surface area (Å²) in [5.41, 5.74) is 6.24. The van der Waals surface area contributed by atoms with Crippen molar-refractivity contribution in [3.05, 3.63) is 22.4 Å². The number of piperazine rings is 1. The summed E-state index contributed by atoms with van der Waals surface area (Å²) in [5, 5.41) is 2.15. The molecule has 18 heavy (non-hydrogen) atoms. The van der Waals surface area contributed by atoms with E-state index in [1.54, 1.807) is 0 Å². The van der Waals surface area contributed by atoms with Crippen molar-refractivity contribution in [2.24, 2.45) is 5.73 Å². The zero-order valence-electron chi connectivity index (χ0n) is 11.8. The smallest absolute Gasteiger partial charge is 0.0591 e. The van der Waals surface area contributed by atoms with Crippen molar-refractivity contribution in [1.29, 1.82) is 0 Å². The Balaban J connectivity index is 2.17. The summed E-state index contributed by atoms with van der Waals surface area (Å²) in [7, 11) is 2.22. The number of nitrogens with zero attached hydrogens (tertiary/aromatic N) is 2. The van der Waals surface area contributed by atoms with Gasteiger partial charge >= 0.3 is 0 Å². The lowest BCUT2D eigenvalue weighted by Gasteiger charge is -2.46. The van der Waals surface area contributed by atoms with Gasteiger partial charge in [-0.15, -0.1) is 11.3 Å². The van der Waals surface area contributed by atoms with Crippen LogP contribution in [0.15, 0.2) is 17.5 Å².